The summed E-state index contributed by atoms with van der Waals surface area (Å²) in [6.45, 7) is 2.70. The first-order chi connectivity index (χ1) is 14.9. The first kappa shape index (κ1) is 23.2. The van der Waals surface area contributed by atoms with Gasteiger partial charge in [-0.15, -0.1) is 0 Å². The second-order valence-electron chi connectivity index (χ2n) is 7.42. The summed E-state index contributed by atoms with van der Waals surface area (Å²) in [6, 6.07) is 2.01. The van der Waals surface area contributed by atoms with Crippen LogP contribution in [0.4, 0.5) is 14.5 Å². The lowest BCUT2D eigenvalue weighted by Crippen LogP contribution is -2.40. The number of hydrogen-bond donors (Lipinski definition) is 4. The standard InChI is InChI=1S/C20H27F2N7OS/c1-31(30)27-9-13-3-2-6-29(12-13)18-7-14(10-25-16(18)8-23)17-11-26-19(28-17)5-4-15(24)20(21)22/h4-5,7,10-11,13,20,24,27H,2-3,6,8-9,12,23H2,1H3,(H,26,28)/b5-4-,24-15?. The Hall–Kier alpha value is -2.50. The van der Waals surface area contributed by atoms with Gasteiger partial charge in [0.15, 0.2) is 0 Å². The fourth-order valence-corrected chi connectivity index (χ4v) is 4.03. The molecule has 0 bridgehead atoms. The van der Waals surface area contributed by atoms with Crippen molar-refractivity contribution in [2.45, 2.75) is 25.8 Å². The van der Waals surface area contributed by atoms with Crippen molar-refractivity contribution >= 4 is 28.5 Å². The van der Waals surface area contributed by atoms with E-state index in [1.54, 1.807) is 18.6 Å². The Morgan fingerprint density at radius 2 is 2.29 bits per heavy atom. The van der Waals surface area contributed by atoms with Gasteiger partial charge in [-0.2, -0.15) is 0 Å². The average molecular weight is 452 g/mol. The number of alkyl halides is 2. The lowest BCUT2D eigenvalue weighted by Gasteiger charge is -2.35. The van der Waals surface area contributed by atoms with Crippen LogP contribution in [0.2, 0.25) is 0 Å². The number of aromatic nitrogens is 3. The number of nitrogens with two attached hydrogens (primary N) is 1. The number of hydrogen-bond acceptors (Lipinski definition) is 6. The lowest BCUT2D eigenvalue weighted by atomic mass is 9.97. The number of aromatic amines is 1. The van der Waals surface area contributed by atoms with E-state index in [9.17, 15) is 13.0 Å². The van der Waals surface area contributed by atoms with Gasteiger partial charge < -0.3 is 15.6 Å². The van der Waals surface area contributed by atoms with Crippen molar-refractivity contribution in [1.29, 1.82) is 5.41 Å². The summed E-state index contributed by atoms with van der Waals surface area (Å²) in [7, 11) is -1.04. The molecule has 5 N–H and O–H groups in total. The Bertz CT molecular complexity index is 963. The van der Waals surface area contributed by atoms with E-state index in [1.807, 2.05) is 6.07 Å². The zero-order chi connectivity index (χ0) is 22.4. The summed E-state index contributed by atoms with van der Waals surface area (Å²) < 4.78 is 39.3. The number of piperidine rings is 1. The molecule has 2 atom stereocenters. The van der Waals surface area contributed by atoms with Gasteiger partial charge in [-0.05, 0) is 37.0 Å². The monoisotopic (exact) mass is 451 g/mol. The minimum atomic E-state index is -2.82. The predicted molar refractivity (Wildman–Crippen MR) is 119 cm³/mol. The summed E-state index contributed by atoms with van der Waals surface area (Å²) in [5, 5.41) is 7.19. The molecule has 1 aliphatic heterocycles. The van der Waals surface area contributed by atoms with E-state index >= 15 is 0 Å². The molecule has 0 aliphatic carbocycles. The fraction of sp³-hybridized carbons (Fsp3) is 0.450. The smallest absolute Gasteiger partial charge is 0.279 e. The third kappa shape index (κ3) is 6.25. The van der Waals surface area contributed by atoms with E-state index in [-0.39, 0.29) is 0 Å². The van der Waals surface area contributed by atoms with Crippen LogP contribution in [0.1, 0.15) is 24.4 Å². The number of nitrogens with zero attached hydrogens (tertiary/aromatic N) is 3. The van der Waals surface area contributed by atoms with Crippen LogP contribution in [0.3, 0.4) is 0 Å². The van der Waals surface area contributed by atoms with Gasteiger partial charge in [-0.25, -0.2) is 22.7 Å². The van der Waals surface area contributed by atoms with Crippen LogP contribution < -0.4 is 15.4 Å². The Labute approximate surface area is 182 Å². The van der Waals surface area contributed by atoms with Crippen LogP contribution in [-0.4, -0.2) is 57.2 Å². The molecule has 2 unspecified atom stereocenters. The van der Waals surface area contributed by atoms with Gasteiger partial charge in [0.25, 0.3) is 6.43 Å². The van der Waals surface area contributed by atoms with E-state index in [0.29, 0.717) is 30.5 Å². The predicted octanol–water partition coefficient (Wildman–Crippen LogP) is 2.33. The molecule has 11 heteroatoms. The van der Waals surface area contributed by atoms with Gasteiger partial charge in [-0.1, -0.05) is 0 Å². The molecule has 1 fully saturated rings. The molecule has 168 valence electrons. The van der Waals surface area contributed by atoms with Crippen LogP contribution in [0.15, 0.2) is 24.5 Å². The summed E-state index contributed by atoms with van der Waals surface area (Å²) in [6.07, 6.45) is 6.58. The van der Waals surface area contributed by atoms with Gasteiger partial charge in [0.05, 0.1) is 40.0 Å². The molecule has 0 spiro atoms. The van der Waals surface area contributed by atoms with Crippen LogP contribution in [0.5, 0.6) is 0 Å². The van der Waals surface area contributed by atoms with Crippen molar-refractivity contribution in [2.75, 3.05) is 30.8 Å². The number of halogens is 2. The molecule has 0 saturated carbocycles. The topological polar surface area (TPSA) is 124 Å². The number of nitrogens with one attached hydrogen (secondary N) is 3. The molecule has 0 radical (unpaired) electrons. The molecular weight excluding hydrogens is 424 g/mol. The molecule has 1 aliphatic rings. The highest BCUT2D eigenvalue weighted by Crippen LogP contribution is 2.29. The average Bonchev–Trinajstić information content (AvgIpc) is 3.24. The molecular formula is C20H27F2N7OS. The van der Waals surface area contributed by atoms with Crippen molar-refractivity contribution in [3.8, 4) is 11.3 Å². The number of anilines is 1. The number of rotatable bonds is 9. The third-order valence-electron chi connectivity index (χ3n) is 5.14. The van der Waals surface area contributed by atoms with E-state index in [0.717, 1.165) is 49.0 Å². The van der Waals surface area contributed by atoms with Crippen LogP contribution in [0, 0.1) is 11.3 Å². The summed E-state index contributed by atoms with van der Waals surface area (Å²) in [5.74, 6) is 0.752. The van der Waals surface area contributed by atoms with Crippen LogP contribution in [0.25, 0.3) is 17.3 Å². The number of imidazole rings is 1. The molecule has 1 saturated heterocycles. The maximum Gasteiger partial charge on any atom is 0.279 e. The van der Waals surface area contributed by atoms with Crippen molar-refractivity contribution < 1.29 is 13.0 Å². The van der Waals surface area contributed by atoms with Gasteiger partial charge in [0.1, 0.15) is 5.82 Å². The van der Waals surface area contributed by atoms with Gasteiger partial charge in [0.2, 0.25) is 0 Å². The normalized spacial score (nSPS) is 18.1. The highest BCUT2D eigenvalue weighted by atomic mass is 32.2. The maximum absolute atomic E-state index is 12.5. The lowest BCUT2D eigenvalue weighted by molar-refractivity contribution is 0.226. The Balaban J connectivity index is 1.79. The second-order valence-corrected chi connectivity index (χ2v) is 8.62. The van der Waals surface area contributed by atoms with Gasteiger partial charge in [-0.3, -0.25) is 10.4 Å². The van der Waals surface area contributed by atoms with Crippen LogP contribution in [-0.2, 0) is 17.5 Å². The molecule has 8 nitrogen and oxygen atoms in total. The minimum Gasteiger partial charge on any atom is -0.370 e. The molecule has 3 rings (SSSR count). The van der Waals surface area contributed by atoms with E-state index in [1.165, 1.54) is 6.08 Å². The third-order valence-corrected chi connectivity index (χ3v) is 5.71. The molecule has 2 aromatic heterocycles. The molecule has 31 heavy (non-hydrogen) atoms. The van der Waals surface area contributed by atoms with Crippen LogP contribution >= 0.6 is 0 Å². The summed E-state index contributed by atoms with van der Waals surface area (Å²) >= 11 is 0. The highest BCUT2D eigenvalue weighted by Gasteiger charge is 2.23. The number of allylic oxidation sites excluding steroid dienone is 1. The quantitative estimate of drug-likeness (QED) is 0.436. The van der Waals surface area contributed by atoms with E-state index in [4.69, 9.17) is 11.1 Å². The Morgan fingerprint density at radius 3 is 3.00 bits per heavy atom. The first-order valence-electron chi connectivity index (χ1n) is 9.98. The van der Waals surface area contributed by atoms with Gasteiger partial charge in [0, 0.05) is 44.2 Å². The van der Waals surface area contributed by atoms with E-state index < -0.39 is 23.1 Å². The first-order valence-corrected chi connectivity index (χ1v) is 11.5. The zero-order valence-electron chi connectivity index (χ0n) is 17.3. The van der Waals surface area contributed by atoms with Crippen molar-refractivity contribution in [3.63, 3.8) is 0 Å². The highest BCUT2D eigenvalue weighted by molar-refractivity contribution is 7.82. The Kier molecular flexibility index (Phi) is 7.99. The molecule has 2 aromatic rings. The molecule has 3 heterocycles. The number of H-pyrrole nitrogens is 1. The summed E-state index contributed by atoms with van der Waals surface area (Å²) in [5.41, 5.74) is 8.40. The summed E-state index contributed by atoms with van der Waals surface area (Å²) in [4.78, 5) is 14.0. The second kappa shape index (κ2) is 10.7. The Morgan fingerprint density at radius 1 is 1.48 bits per heavy atom. The van der Waals surface area contributed by atoms with Gasteiger partial charge >= 0.3 is 0 Å². The zero-order valence-corrected chi connectivity index (χ0v) is 18.1. The molecule has 0 amide bonds. The van der Waals surface area contributed by atoms with Crippen molar-refractivity contribution in [3.05, 3.63) is 36.1 Å². The fourth-order valence-electron chi connectivity index (χ4n) is 3.55. The maximum atomic E-state index is 12.5. The van der Waals surface area contributed by atoms with Crippen molar-refractivity contribution in [2.24, 2.45) is 11.7 Å². The molecule has 0 aromatic carbocycles. The SMILES string of the molecule is CS(=O)NCC1CCCN(c2cc(-c3cnc(/C=C\C(=N)C(F)F)[nH]3)cnc2CN)C1. The van der Waals surface area contributed by atoms with Crippen molar-refractivity contribution in [1.82, 2.24) is 19.7 Å². The largest absolute Gasteiger partial charge is 0.370 e. The number of pyridine rings is 1. The minimum absolute atomic E-state index is 0.306. The van der Waals surface area contributed by atoms with E-state index in [2.05, 4.69) is 24.6 Å².